The Balaban J connectivity index is 1.75. The van der Waals surface area contributed by atoms with Crippen molar-refractivity contribution in [3.63, 3.8) is 0 Å². The molecular weight excluding hydrogens is 430 g/mol. The number of rotatable bonds is 8. The highest BCUT2D eigenvalue weighted by molar-refractivity contribution is 7.80. The van der Waals surface area contributed by atoms with Crippen LogP contribution >= 0.6 is 12.2 Å². The maximum atomic E-state index is 9.73. The lowest BCUT2D eigenvalue weighted by Gasteiger charge is -2.27. The van der Waals surface area contributed by atoms with E-state index < -0.39 is 0 Å². The molecule has 33 heavy (non-hydrogen) atoms. The smallest absolute Gasteiger partial charge is 0.170 e. The third-order valence-electron chi connectivity index (χ3n) is 6.56. The number of thiocarbonyl (C=S) groups is 1. The van der Waals surface area contributed by atoms with Crippen molar-refractivity contribution in [1.82, 2.24) is 19.8 Å². The van der Waals surface area contributed by atoms with Gasteiger partial charge in [-0.25, -0.2) is 0 Å². The minimum absolute atomic E-state index is 0.0405. The summed E-state index contributed by atoms with van der Waals surface area (Å²) in [6.45, 7) is 11.2. The fourth-order valence-electron chi connectivity index (χ4n) is 4.98. The summed E-state index contributed by atoms with van der Waals surface area (Å²) >= 11 is 5.66. The maximum Gasteiger partial charge on any atom is 0.170 e. The van der Waals surface area contributed by atoms with Crippen LogP contribution in [0.25, 0.3) is 5.69 Å². The normalized spacial score (nSPS) is 18.0. The first-order valence-electron chi connectivity index (χ1n) is 11.6. The predicted octanol–water partition coefficient (Wildman–Crippen LogP) is 4.30. The van der Waals surface area contributed by atoms with E-state index in [0.29, 0.717) is 11.7 Å². The number of nitrogens with one attached hydrogen (secondary N) is 1. The van der Waals surface area contributed by atoms with E-state index >= 15 is 0 Å². The van der Waals surface area contributed by atoms with Crippen molar-refractivity contribution in [2.24, 2.45) is 0 Å². The average molecular weight is 464 g/mol. The van der Waals surface area contributed by atoms with E-state index in [-0.39, 0.29) is 18.7 Å². The first-order chi connectivity index (χ1) is 16.0. The molecule has 0 aliphatic carbocycles. The largest absolute Gasteiger partial charge is 0.395 e. The van der Waals surface area contributed by atoms with Gasteiger partial charge in [-0.05, 0) is 87.9 Å². The Morgan fingerprint density at radius 1 is 1.09 bits per heavy atom. The molecule has 0 amide bonds. The lowest BCUT2D eigenvalue weighted by atomic mass is 9.97. The highest BCUT2D eigenvalue weighted by Gasteiger charge is 2.41. The molecule has 0 bridgehead atoms. The topological polar surface area (TPSA) is 56.6 Å². The Morgan fingerprint density at radius 2 is 1.82 bits per heavy atom. The molecule has 174 valence electrons. The van der Waals surface area contributed by atoms with Crippen LogP contribution in [0.1, 0.15) is 48.6 Å². The summed E-state index contributed by atoms with van der Waals surface area (Å²) in [6, 6.07) is 16.8. The van der Waals surface area contributed by atoms with Crippen LogP contribution in [0.4, 0.5) is 5.69 Å². The second-order valence-electron chi connectivity index (χ2n) is 8.39. The minimum atomic E-state index is -0.0794. The molecule has 0 spiro atoms. The van der Waals surface area contributed by atoms with Gasteiger partial charge in [-0.15, -0.1) is 0 Å². The van der Waals surface area contributed by atoms with Gasteiger partial charge in [0.05, 0.1) is 24.4 Å². The van der Waals surface area contributed by atoms with E-state index in [4.69, 9.17) is 12.2 Å². The molecule has 1 aliphatic heterocycles. The fourth-order valence-corrected chi connectivity index (χ4v) is 5.31. The van der Waals surface area contributed by atoms with E-state index in [2.05, 4.69) is 82.7 Å². The van der Waals surface area contributed by atoms with E-state index in [1.807, 2.05) is 24.4 Å². The molecule has 0 saturated carbocycles. The van der Waals surface area contributed by atoms with E-state index in [9.17, 15) is 5.11 Å². The van der Waals surface area contributed by atoms with Gasteiger partial charge in [0.1, 0.15) is 0 Å². The molecule has 0 radical (unpaired) electrons. The average Bonchev–Trinajstić information content (AvgIpc) is 3.31. The van der Waals surface area contributed by atoms with E-state index in [1.54, 1.807) is 0 Å². The fraction of sp³-hybridized carbons (Fsp3) is 0.385. The number of aliphatic hydroxyl groups excluding tert-OH is 1. The van der Waals surface area contributed by atoms with Gasteiger partial charge < -0.3 is 24.8 Å². The zero-order valence-corrected chi connectivity index (χ0v) is 20.6. The third-order valence-corrected chi connectivity index (χ3v) is 6.92. The number of hydrogen-bond donors (Lipinski definition) is 2. The summed E-state index contributed by atoms with van der Waals surface area (Å²) in [7, 11) is 0. The molecule has 2 atom stereocenters. The number of β-amino-alcohol motifs (C(OH)–C–C–N with tert-alkyl or cyclic N) is 1. The third kappa shape index (κ3) is 4.35. The first-order valence-corrected chi connectivity index (χ1v) is 12.0. The minimum Gasteiger partial charge on any atom is -0.395 e. The quantitative estimate of drug-likeness (QED) is 0.486. The van der Waals surface area contributed by atoms with Gasteiger partial charge in [-0.3, -0.25) is 4.98 Å². The highest BCUT2D eigenvalue weighted by Crippen LogP contribution is 2.41. The second kappa shape index (κ2) is 9.93. The van der Waals surface area contributed by atoms with Gasteiger partial charge in [0.15, 0.2) is 5.11 Å². The molecule has 7 heteroatoms. The predicted molar refractivity (Wildman–Crippen MR) is 138 cm³/mol. The Hall–Kier alpha value is -2.90. The molecule has 1 fully saturated rings. The number of aliphatic hydroxyl groups is 1. The molecule has 2 N–H and O–H groups in total. The monoisotopic (exact) mass is 463 g/mol. The summed E-state index contributed by atoms with van der Waals surface area (Å²) in [5.41, 5.74) is 6.85. The first kappa shape index (κ1) is 23.3. The van der Waals surface area contributed by atoms with Crippen molar-refractivity contribution < 1.29 is 5.11 Å². The zero-order chi connectivity index (χ0) is 23.5. The van der Waals surface area contributed by atoms with Crippen molar-refractivity contribution in [3.05, 3.63) is 77.4 Å². The van der Waals surface area contributed by atoms with Crippen molar-refractivity contribution in [1.29, 1.82) is 0 Å². The lowest BCUT2D eigenvalue weighted by molar-refractivity contribution is 0.223. The van der Waals surface area contributed by atoms with Gasteiger partial charge >= 0.3 is 0 Å². The Morgan fingerprint density at radius 3 is 2.42 bits per heavy atom. The van der Waals surface area contributed by atoms with Gasteiger partial charge in [0, 0.05) is 48.6 Å². The number of nitrogens with zero attached hydrogens (tertiary/aromatic N) is 4. The van der Waals surface area contributed by atoms with Crippen LogP contribution in [-0.2, 0) is 0 Å². The number of aryl methyl sites for hydroxylation is 1. The van der Waals surface area contributed by atoms with Crippen LogP contribution in [0.15, 0.2) is 54.7 Å². The summed E-state index contributed by atoms with van der Waals surface area (Å²) in [5.74, 6) is 0. The van der Waals surface area contributed by atoms with Gasteiger partial charge in [-0.2, -0.15) is 0 Å². The van der Waals surface area contributed by atoms with Crippen LogP contribution in [0.5, 0.6) is 0 Å². The van der Waals surface area contributed by atoms with Gasteiger partial charge in [-0.1, -0.05) is 6.07 Å². The van der Waals surface area contributed by atoms with Crippen molar-refractivity contribution in [2.75, 3.05) is 31.1 Å². The molecule has 3 heterocycles. The number of aromatic nitrogens is 2. The molecule has 2 aromatic heterocycles. The van der Waals surface area contributed by atoms with Gasteiger partial charge in [0.25, 0.3) is 0 Å². The molecule has 0 unspecified atom stereocenters. The molecule has 1 saturated heterocycles. The van der Waals surface area contributed by atoms with Crippen LogP contribution < -0.4 is 10.2 Å². The summed E-state index contributed by atoms with van der Waals surface area (Å²) in [4.78, 5) is 9.04. The summed E-state index contributed by atoms with van der Waals surface area (Å²) < 4.78 is 2.30. The van der Waals surface area contributed by atoms with Crippen molar-refractivity contribution in [2.45, 2.75) is 39.8 Å². The SMILES string of the molecule is CCN(CC)c1ccc(-n2c(C)cc([C@H]3[C@H](c4ccccn4)NC(=S)N3CCO)c2C)cc1. The second-order valence-corrected chi connectivity index (χ2v) is 8.78. The Labute approximate surface area is 201 Å². The van der Waals surface area contributed by atoms with Gasteiger partial charge in [0.2, 0.25) is 0 Å². The summed E-state index contributed by atoms with van der Waals surface area (Å²) in [5, 5.41) is 13.8. The van der Waals surface area contributed by atoms with E-state index in [0.717, 1.165) is 24.5 Å². The lowest BCUT2D eigenvalue weighted by Crippen LogP contribution is -2.32. The Kier molecular flexibility index (Phi) is 7.00. The molecule has 1 aromatic carbocycles. The molecular formula is C26H33N5OS. The Bertz CT molecular complexity index is 1090. The molecule has 4 rings (SSSR count). The number of pyridine rings is 1. The van der Waals surface area contributed by atoms with Crippen LogP contribution in [-0.4, -0.2) is 50.9 Å². The molecule has 1 aliphatic rings. The molecule has 3 aromatic rings. The number of benzene rings is 1. The van der Waals surface area contributed by atoms with Crippen LogP contribution in [0.3, 0.4) is 0 Å². The van der Waals surface area contributed by atoms with Crippen LogP contribution in [0, 0.1) is 13.8 Å². The summed E-state index contributed by atoms with van der Waals surface area (Å²) in [6.07, 6.45) is 1.81. The standard InChI is InChI=1S/C26H33N5OS/c1-5-29(6-2)20-10-12-21(13-11-20)31-18(3)17-22(19(31)4)25-24(23-9-7-8-14-27-23)28-26(33)30(25)15-16-32/h7-14,17,24-25,32H,5-6,15-16H2,1-4H3,(H,28,33)/t24-,25-/m0/s1. The van der Waals surface area contributed by atoms with E-state index in [1.165, 1.54) is 22.6 Å². The highest BCUT2D eigenvalue weighted by atomic mass is 32.1. The molecule has 6 nitrogen and oxygen atoms in total. The van der Waals surface area contributed by atoms with Crippen molar-refractivity contribution >= 4 is 23.0 Å². The van der Waals surface area contributed by atoms with Crippen molar-refractivity contribution in [3.8, 4) is 5.69 Å². The number of hydrogen-bond acceptors (Lipinski definition) is 4. The zero-order valence-electron chi connectivity index (χ0n) is 19.8. The number of anilines is 1. The van der Waals surface area contributed by atoms with Crippen LogP contribution in [0.2, 0.25) is 0 Å². The maximum absolute atomic E-state index is 9.73.